The summed E-state index contributed by atoms with van der Waals surface area (Å²) >= 11 is 0. The molecule has 150 valence electrons. The van der Waals surface area contributed by atoms with Gasteiger partial charge in [-0.3, -0.25) is 4.79 Å². The fraction of sp³-hybridized carbons (Fsp3) is 0.650. The van der Waals surface area contributed by atoms with E-state index < -0.39 is 10.0 Å². The molecule has 3 rings (SSSR count). The van der Waals surface area contributed by atoms with Crippen LogP contribution in [0.1, 0.15) is 44.1 Å². The molecule has 2 aliphatic heterocycles. The van der Waals surface area contributed by atoms with Crippen molar-refractivity contribution in [2.24, 2.45) is 0 Å². The Morgan fingerprint density at radius 2 is 1.78 bits per heavy atom. The Morgan fingerprint density at radius 1 is 1.07 bits per heavy atom. The second-order valence-corrected chi connectivity index (χ2v) is 9.49. The summed E-state index contributed by atoms with van der Waals surface area (Å²) in [4.78, 5) is 14.9. The van der Waals surface area contributed by atoms with Gasteiger partial charge in [0.1, 0.15) is 0 Å². The Bertz CT molecular complexity index is 727. The summed E-state index contributed by atoms with van der Waals surface area (Å²) in [5.41, 5.74) is 1.00. The lowest BCUT2D eigenvalue weighted by atomic mass is 10.1. The van der Waals surface area contributed by atoms with E-state index in [-0.39, 0.29) is 5.91 Å². The molecule has 0 spiro atoms. The van der Waals surface area contributed by atoms with E-state index in [9.17, 15) is 13.2 Å². The lowest BCUT2D eigenvalue weighted by molar-refractivity contribution is -0.131. The van der Waals surface area contributed by atoms with Crippen molar-refractivity contribution in [3.63, 3.8) is 0 Å². The van der Waals surface area contributed by atoms with Crippen molar-refractivity contribution >= 4 is 15.9 Å². The lowest BCUT2D eigenvalue weighted by Crippen LogP contribution is -2.40. The first-order valence-corrected chi connectivity index (χ1v) is 11.5. The van der Waals surface area contributed by atoms with Gasteiger partial charge in [0.15, 0.2) is 0 Å². The number of benzene rings is 1. The van der Waals surface area contributed by atoms with E-state index >= 15 is 0 Å². The van der Waals surface area contributed by atoms with E-state index in [2.05, 4.69) is 5.32 Å². The molecule has 2 heterocycles. The van der Waals surface area contributed by atoms with Crippen molar-refractivity contribution in [1.82, 2.24) is 14.5 Å². The molecule has 2 aliphatic rings. The van der Waals surface area contributed by atoms with Gasteiger partial charge in [-0.15, -0.1) is 0 Å². The zero-order valence-electron chi connectivity index (χ0n) is 16.2. The lowest BCUT2D eigenvalue weighted by Gasteiger charge is -2.26. The zero-order valence-corrected chi connectivity index (χ0v) is 17.0. The van der Waals surface area contributed by atoms with Gasteiger partial charge in [-0.05, 0) is 56.8 Å². The van der Waals surface area contributed by atoms with Gasteiger partial charge in [-0.25, -0.2) is 8.42 Å². The largest absolute Gasteiger partial charge is 0.338 e. The van der Waals surface area contributed by atoms with Gasteiger partial charge in [0.2, 0.25) is 15.9 Å². The molecular weight excluding hydrogens is 362 g/mol. The van der Waals surface area contributed by atoms with Crippen LogP contribution in [-0.2, 0) is 21.2 Å². The van der Waals surface area contributed by atoms with Crippen molar-refractivity contribution < 1.29 is 13.2 Å². The molecule has 1 N–H and O–H groups in total. The van der Waals surface area contributed by atoms with Gasteiger partial charge < -0.3 is 10.2 Å². The molecule has 0 bridgehead atoms. The van der Waals surface area contributed by atoms with Crippen molar-refractivity contribution in [2.45, 2.75) is 55.9 Å². The summed E-state index contributed by atoms with van der Waals surface area (Å²) in [6, 6.07) is 7.37. The molecule has 6 nitrogen and oxygen atoms in total. The summed E-state index contributed by atoms with van der Waals surface area (Å²) in [6.45, 7) is 2.91. The smallest absolute Gasteiger partial charge is 0.243 e. The number of hydrogen-bond acceptors (Lipinski definition) is 4. The molecule has 2 saturated heterocycles. The van der Waals surface area contributed by atoms with Crippen LogP contribution < -0.4 is 5.32 Å². The first-order chi connectivity index (χ1) is 13.0. The molecule has 0 saturated carbocycles. The van der Waals surface area contributed by atoms with Crippen LogP contribution >= 0.6 is 0 Å². The molecule has 1 aromatic rings. The molecule has 27 heavy (non-hydrogen) atoms. The monoisotopic (exact) mass is 393 g/mol. The van der Waals surface area contributed by atoms with Crippen molar-refractivity contribution in [3.05, 3.63) is 29.8 Å². The third kappa shape index (κ3) is 4.89. The molecule has 1 amide bonds. The molecule has 1 atom stereocenters. The second-order valence-electron chi connectivity index (χ2n) is 7.55. The van der Waals surface area contributed by atoms with Crippen LogP contribution in [0.2, 0.25) is 0 Å². The van der Waals surface area contributed by atoms with Crippen LogP contribution in [0.3, 0.4) is 0 Å². The van der Waals surface area contributed by atoms with E-state index in [1.165, 1.54) is 0 Å². The molecule has 7 heteroatoms. The van der Waals surface area contributed by atoms with Crippen LogP contribution in [-0.4, -0.2) is 62.8 Å². The third-order valence-corrected chi connectivity index (χ3v) is 7.55. The van der Waals surface area contributed by atoms with Gasteiger partial charge in [0, 0.05) is 38.6 Å². The first kappa shape index (κ1) is 20.3. The molecule has 0 aliphatic carbocycles. The maximum atomic E-state index is 12.7. The summed E-state index contributed by atoms with van der Waals surface area (Å²) in [7, 11) is -1.47. The number of likely N-dealkylation sites (tertiary alicyclic amines) is 1. The predicted octanol–water partition coefficient (Wildman–Crippen LogP) is 2.00. The van der Waals surface area contributed by atoms with Crippen molar-refractivity contribution in [3.8, 4) is 0 Å². The van der Waals surface area contributed by atoms with Crippen LogP contribution in [0.4, 0.5) is 0 Å². The first-order valence-electron chi connectivity index (χ1n) is 10.1. The maximum absolute atomic E-state index is 12.7. The number of nitrogens with one attached hydrogen (secondary N) is 1. The molecule has 0 radical (unpaired) electrons. The number of rotatable bonds is 7. The van der Waals surface area contributed by atoms with Crippen molar-refractivity contribution in [2.75, 3.05) is 33.2 Å². The van der Waals surface area contributed by atoms with Gasteiger partial charge in [0.25, 0.3) is 0 Å². The molecule has 1 unspecified atom stereocenters. The standard InChI is InChI=1S/C20H31N3O3S/c1-21-16-18-6-5-15-23(18)20(24)12-9-17-7-10-19(11-8-17)27(25,26)22-13-3-2-4-14-22/h7-8,10-11,18,21H,2-6,9,12-16H2,1H3. The minimum absolute atomic E-state index is 0.192. The molecule has 0 aromatic heterocycles. The number of aryl methyl sites for hydroxylation is 1. The fourth-order valence-corrected chi connectivity index (χ4v) is 5.61. The van der Waals surface area contributed by atoms with Crippen molar-refractivity contribution in [1.29, 1.82) is 0 Å². The average molecular weight is 394 g/mol. The van der Waals surface area contributed by atoms with E-state index in [1.807, 2.05) is 24.1 Å². The Kier molecular flexibility index (Phi) is 6.89. The van der Waals surface area contributed by atoms with Crippen LogP contribution in [0, 0.1) is 0 Å². The number of piperidine rings is 1. The number of nitrogens with zero attached hydrogens (tertiary/aromatic N) is 2. The highest BCUT2D eigenvalue weighted by Gasteiger charge is 2.28. The molecule has 1 aromatic carbocycles. The summed E-state index contributed by atoms with van der Waals surface area (Å²) in [6.07, 6.45) is 6.22. The third-order valence-electron chi connectivity index (χ3n) is 5.64. The van der Waals surface area contributed by atoms with Crippen LogP contribution in [0.25, 0.3) is 0 Å². The second kappa shape index (κ2) is 9.17. The minimum atomic E-state index is -3.39. The highest BCUT2D eigenvalue weighted by Crippen LogP contribution is 2.22. The molecule has 2 fully saturated rings. The number of carbonyl (C=O) groups is 1. The zero-order chi connectivity index (χ0) is 19.3. The average Bonchev–Trinajstić information content (AvgIpc) is 3.16. The maximum Gasteiger partial charge on any atom is 0.243 e. The number of carbonyl (C=O) groups excluding carboxylic acids is 1. The summed E-state index contributed by atoms with van der Waals surface area (Å²) < 4.78 is 27.0. The number of amides is 1. The Hall–Kier alpha value is -1.44. The van der Waals surface area contributed by atoms with Gasteiger partial charge in [-0.1, -0.05) is 18.6 Å². The highest BCUT2D eigenvalue weighted by molar-refractivity contribution is 7.89. The van der Waals surface area contributed by atoms with Crippen LogP contribution in [0.15, 0.2) is 29.2 Å². The summed E-state index contributed by atoms with van der Waals surface area (Å²) in [5, 5.41) is 3.16. The number of sulfonamides is 1. The van der Waals surface area contributed by atoms with E-state index in [4.69, 9.17) is 0 Å². The minimum Gasteiger partial charge on any atom is -0.338 e. The topological polar surface area (TPSA) is 69.7 Å². The van der Waals surface area contributed by atoms with E-state index in [0.29, 0.717) is 36.9 Å². The van der Waals surface area contributed by atoms with E-state index in [0.717, 1.165) is 50.8 Å². The SMILES string of the molecule is CNCC1CCCN1C(=O)CCc1ccc(S(=O)(=O)N2CCCCC2)cc1. The fourth-order valence-electron chi connectivity index (χ4n) is 4.09. The Labute approximate surface area is 163 Å². The van der Waals surface area contributed by atoms with Gasteiger partial charge in [-0.2, -0.15) is 4.31 Å². The quantitative estimate of drug-likeness (QED) is 0.769. The normalized spacial score (nSPS) is 21.5. The Morgan fingerprint density at radius 3 is 2.44 bits per heavy atom. The van der Waals surface area contributed by atoms with Crippen LogP contribution in [0.5, 0.6) is 0 Å². The molecular formula is C20H31N3O3S. The number of likely N-dealkylation sites (N-methyl/N-ethyl adjacent to an activating group) is 1. The Balaban J connectivity index is 1.57. The van der Waals surface area contributed by atoms with Gasteiger partial charge in [0.05, 0.1) is 4.90 Å². The van der Waals surface area contributed by atoms with Gasteiger partial charge >= 0.3 is 0 Å². The van der Waals surface area contributed by atoms with E-state index in [1.54, 1.807) is 16.4 Å². The summed E-state index contributed by atoms with van der Waals surface area (Å²) in [5.74, 6) is 0.192. The predicted molar refractivity (Wildman–Crippen MR) is 106 cm³/mol. The number of hydrogen-bond donors (Lipinski definition) is 1. The highest BCUT2D eigenvalue weighted by atomic mass is 32.2.